The summed E-state index contributed by atoms with van der Waals surface area (Å²) in [4.78, 5) is 5.17. The summed E-state index contributed by atoms with van der Waals surface area (Å²) in [5.74, 6) is 1.79. The van der Waals surface area contributed by atoms with Crippen LogP contribution in [0, 0.1) is 10.8 Å². The lowest BCUT2D eigenvalue weighted by molar-refractivity contribution is 0.174. The van der Waals surface area contributed by atoms with E-state index in [-0.39, 0.29) is 17.8 Å². The van der Waals surface area contributed by atoms with E-state index >= 15 is 0 Å². The molecule has 168 valence electrons. The predicted molar refractivity (Wildman–Crippen MR) is 128 cm³/mol. The van der Waals surface area contributed by atoms with Crippen molar-refractivity contribution in [2.45, 2.75) is 60.3 Å². The zero-order valence-corrected chi connectivity index (χ0v) is 20.2. The van der Waals surface area contributed by atoms with Crippen LogP contribution < -0.4 is 14.4 Å². The number of allylic oxidation sites excluding steroid dienone is 2. The number of ether oxygens (including phenoxy) is 2. The fraction of sp³-hybridized carbons (Fsp3) is 0.680. The van der Waals surface area contributed by atoms with Crippen LogP contribution in [0.1, 0.15) is 65.9 Å². The summed E-state index contributed by atoms with van der Waals surface area (Å²) in [7, 11) is 0. The Hall–Kier alpha value is -1.39. The van der Waals surface area contributed by atoms with Gasteiger partial charge in [-0.1, -0.05) is 47.1 Å². The maximum atomic E-state index is 5.76. The molecule has 0 N–H and O–H groups in total. The molecule has 0 amide bonds. The molecular formula is C25H39ClN2O2. The molecule has 0 bridgehead atoms. The third kappa shape index (κ3) is 5.08. The van der Waals surface area contributed by atoms with Gasteiger partial charge in [0.25, 0.3) is 0 Å². The van der Waals surface area contributed by atoms with Crippen LogP contribution in [0.2, 0.25) is 0 Å². The molecule has 4 rings (SSSR count). The Labute approximate surface area is 189 Å². The lowest BCUT2D eigenvalue weighted by Gasteiger charge is -2.41. The van der Waals surface area contributed by atoms with Crippen molar-refractivity contribution in [3.8, 4) is 11.5 Å². The summed E-state index contributed by atoms with van der Waals surface area (Å²) in [5.41, 5.74) is 4.65. The molecule has 1 aromatic rings. The molecule has 1 aromatic carbocycles. The van der Waals surface area contributed by atoms with Crippen LogP contribution >= 0.6 is 12.4 Å². The van der Waals surface area contributed by atoms with Crippen LogP contribution in [0.3, 0.4) is 0 Å². The quantitative estimate of drug-likeness (QED) is 0.568. The smallest absolute Gasteiger partial charge is 0.231 e. The van der Waals surface area contributed by atoms with Gasteiger partial charge in [-0.05, 0) is 48.3 Å². The third-order valence-corrected chi connectivity index (χ3v) is 6.55. The fourth-order valence-corrected chi connectivity index (χ4v) is 5.60. The summed E-state index contributed by atoms with van der Waals surface area (Å²) >= 11 is 0. The number of hydrogen-bond acceptors (Lipinski definition) is 4. The Morgan fingerprint density at radius 1 is 0.967 bits per heavy atom. The average molecular weight is 435 g/mol. The minimum Gasteiger partial charge on any atom is -0.454 e. The highest BCUT2D eigenvalue weighted by Crippen LogP contribution is 2.50. The van der Waals surface area contributed by atoms with Gasteiger partial charge in [0.1, 0.15) is 0 Å². The first-order chi connectivity index (χ1) is 13.8. The number of unbranched alkanes of at least 4 members (excludes halogenated alkanes) is 1. The Kier molecular flexibility index (Phi) is 6.98. The van der Waals surface area contributed by atoms with Gasteiger partial charge in [-0.3, -0.25) is 4.90 Å². The van der Waals surface area contributed by atoms with E-state index < -0.39 is 0 Å². The Morgan fingerprint density at radius 3 is 2.27 bits per heavy atom. The van der Waals surface area contributed by atoms with Crippen LogP contribution in [-0.4, -0.2) is 44.4 Å². The van der Waals surface area contributed by atoms with E-state index in [1.807, 2.05) is 0 Å². The SMILES string of the molecule is CCCCN1CCN(c2cc3c(cc2C2=CC(C)(C)CC(C)(C)C2)OCO3)CC1.Cl. The maximum Gasteiger partial charge on any atom is 0.231 e. The fourth-order valence-electron chi connectivity index (χ4n) is 5.60. The number of rotatable bonds is 5. The van der Waals surface area contributed by atoms with E-state index in [2.05, 4.69) is 62.6 Å². The second-order valence-electron chi connectivity index (χ2n) is 10.6. The third-order valence-electron chi connectivity index (χ3n) is 6.55. The van der Waals surface area contributed by atoms with Gasteiger partial charge in [0.05, 0.1) is 0 Å². The molecule has 3 aliphatic rings. The van der Waals surface area contributed by atoms with E-state index in [0.717, 1.165) is 44.1 Å². The molecule has 0 radical (unpaired) electrons. The van der Waals surface area contributed by atoms with Crippen molar-refractivity contribution in [2.75, 3.05) is 44.4 Å². The van der Waals surface area contributed by atoms with Crippen molar-refractivity contribution >= 4 is 23.7 Å². The number of benzene rings is 1. The highest BCUT2D eigenvalue weighted by atomic mass is 35.5. The summed E-state index contributed by atoms with van der Waals surface area (Å²) in [6.45, 7) is 17.8. The van der Waals surface area contributed by atoms with Crippen molar-refractivity contribution in [1.82, 2.24) is 4.90 Å². The van der Waals surface area contributed by atoms with Crippen molar-refractivity contribution in [1.29, 1.82) is 0 Å². The van der Waals surface area contributed by atoms with E-state index in [9.17, 15) is 0 Å². The molecule has 0 spiro atoms. The lowest BCUT2D eigenvalue weighted by atomic mass is 9.65. The van der Waals surface area contributed by atoms with E-state index in [4.69, 9.17) is 9.47 Å². The van der Waals surface area contributed by atoms with Crippen molar-refractivity contribution in [2.24, 2.45) is 10.8 Å². The van der Waals surface area contributed by atoms with Crippen molar-refractivity contribution < 1.29 is 9.47 Å². The molecular weight excluding hydrogens is 396 g/mol. The molecule has 0 saturated carbocycles. The van der Waals surface area contributed by atoms with Crippen LogP contribution in [0.15, 0.2) is 18.2 Å². The van der Waals surface area contributed by atoms with Crippen LogP contribution in [0.25, 0.3) is 5.57 Å². The van der Waals surface area contributed by atoms with Gasteiger partial charge in [-0.25, -0.2) is 0 Å². The number of piperazine rings is 1. The first-order valence-electron chi connectivity index (χ1n) is 11.4. The molecule has 30 heavy (non-hydrogen) atoms. The molecule has 1 aliphatic carbocycles. The highest BCUT2D eigenvalue weighted by molar-refractivity contribution is 5.85. The minimum absolute atomic E-state index is 0. The molecule has 0 unspecified atom stereocenters. The normalized spacial score (nSPS) is 22.4. The Morgan fingerprint density at radius 2 is 1.63 bits per heavy atom. The van der Waals surface area contributed by atoms with Gasteiger partial charge >= 0.3 is 0 Å². The van der Waals surface area contributed by atoms with Crippen molar-refractivity contribution in [3.63, 3.8) is 0 Å². The largest absolute Gasteiger partial charge is 0.454 e. The second kappa shape index (κ2) is 9.00. The predicted octanol–water partition coefficient (Wildman–Crippen LogP) is 5.99. The van der Waals surface area contributed by atoms with Gasteiger partial charge in [0, 0.05) is 43.5 Å². The number of anilines is 1. The first kappa shape index (κ1) is 23.3. The molecule has 2 aliphatic heterocycles. The minimum atomic E-state index is 0. The average Bonchev–Trinajstić information content (AvgIpc) is 3.11. The zero-order valence-electron chi connectivity index (χ0n) is 19.4. The number of halogens is 1. The highest BCUT2D eigenvalue weighted by Gasteiger charge is 2.35. The summed E-state index contributed by atoms with van der Waals surface area (Å²) in [6.07, 6.45) is 7.41. The molecule has 0 atom stereocenters. The number of hydrogen-bond donors (Lipinski definition) is 0. The summed E-state index contributed by atoms with van der Waals surface area (Å²) in [5, 5.41) is 0. The van der Waals surface area contributed by atoms with Crippen LogP contribution in [0.5, 0.6) is 11.5 Å². The van der Waals surface area contributed by atoms with Crippen LogP contribution in [-0.2, 0) is 0 Å². The van der Waals surface area contributed by atoms with Gasteiger partial charge in [0.15, 0.2) is 11.5 Å². The topological polar surface area (TPSA) is 24.9 Å². The van der Waals surface area contributed by atoms with E-state index in [1.54, 1.807) is 0 Å². The maximum absolute atomic E-state index is 5.76. The van der Waals surface area contributed by atoms with Crippen LogP contribution in [0.4, 0.5) is 5.69 Å². The first-order valence-corrected chi connectivity index (χ1v) is 11.4. The van der Waals surface area contributed by atoms with E-state index in [0.29, 0.717) is 12.2 Å². The molecule has 0 aromatic heterocycles. The van der Waals surface area contributed by atoms with Gasteiger partial charge < -0.3 is 14.4 Å². The monoisotopic (exact) mass is 434 g/mol. The summed E-state index contributed by atoms with van der Waals surface area (Å²) < 4.78 is 11.5. The second-order valence-corrected chi connectivity index (χ2v) is 10.6. The number of nitrogens with zero attached hydrogens (tertiary/aromatic N) is 2. The summed E-state index contributed by atoms with van der Waals surface area (Å²) in [6, 6.07) is 4.47. The molecule has 4 nitrogen and oxygen atoms in total. The van der Waals surface area contributed by atoms with E-state index in [1.165, 1.54) is 42.6 Å². The molecule has 1 fully saturated rings. The molecule has 5 heteroatoms. The van der Waals surface area contributed by atoms with Gasteiger partial charge in [0.2, 0.25) is 6.79 Å². The lowest BCUT2D eigenvalue weighted by Crippen LogP contribution is -2.46. The zero-order chi connectivity index (χ0) is 20.6. The Bertz CT molecular complexity index is 780. The van der Waals surface area contributed by atoms with Crippen molar-refractivity contribution in [3.05, 3.63) is 23.8 Å². The molecule has 1 saturated heterocycles. The van der Waals surface area contributed by atoms with Gasteiger partial charge in [-0.2, -0.15) is 0 Å². The van der Waals surface area contributed by atoms with Gasteiger partial charge in [-0.15, -0.1) is 12.4 Å². The standard InChI is InChI=1S/C25H38N2O2.ClH/c1-6-7-8-26-9-11-27(12-10-26)21-14-23-22(28-18-29-23)13-20(21)19-15-24(2,3)17-25(4,5)16-19;/h13-15H,6-12,16-18H2,1-5H3;1H. The number of fused-ring (bicyclic) bond motifs is 1. The molecule has 2 heterocycles. The Balaban J connectivity index is 0.00000256.